The van der Waals surface area contributed by atoms with Crippen molar-refractivity contribution in [2.45, 2.75) is 39.2 Å². The summed E-state index contributed by atoms with van der Waals surface area (Å²) in [4.78, 5) is 4.35. The number of hydrogen-bond acceptors (Lipinski definition) is 2. The van der Waals surface area contributed by atoms with Crippen LogP contribution in [0.3, 0.4) is 0 Å². The number of nitrogens with one attached hydrogen (secondary N) is 2. The predicted molar refractivity (Wildman–Crippen MR) is 103 cm³/mol. The molecule has 1 unspecified atom stereocenters. The largest absolute Gasteiger partial charge is 0.493 e. The summed E-state index contributed by atoms with van der Waals surface area (Å²) in [5, 5.41) is 6.97. The highest BCUT2D eigenvalue weighted by Crippen LogP contribution is 2.31. The molecule has 1 atom stereocenters. The first-order chi connectivity index (χ1) is 10.3. The van der Waals surface area contributed by atoms with Crippen molar-refractivity contribution in [2.24, 2.45) is 10.9 Å². The average molecular weight is 417 g/mol. The third-order valence-electron chi connectivity index (χ3n) is 4.21. The van der Waals surface area contributed by atoms with Gasteiger partial charge in [0.1, 0.15) is 5.75 Å². The summed E-state index contributed by atoms with van der Waals surface area (Å²) in [7, 11) is 1.83. The Kier molecular flexibility index (Phi) is 8.60. The lowest BCUT2D eigenvalue weighted by Crippen LogP contribution is -2.42. The molecule has 0 saturated carbocycles. The number of hydrogen-bond donors (Lipinski definition) is 2. The number of aliphatic imine (C=N–C) groups is 1. The molecule has 0 fully saturated rings. The molecule has 0 bridgehead atoms. The van der Waals surface area contributed by atoms with Crippen LogP contribution in [0.4, 0.5) is 0 Å². The zero-order valence-corrected chi connectivity index (χ0v) is 16.1. The van der Waals surface area contributed by atoms with Crippen LogP contribution in [0, 0.1) is 5.92 Å². The highest BCUT2D eigenvalue weighted by atomic mass is 127. The van der Waals surface area contributed by atoms with Gasteiger partial charge in [-0.2, -0.15) is 0 Å². The van der Waals surface area contributed by atoms with Crippen LogP contribution < -0.4 is 15.4 Å². The zero-order valence-electron chi connectivity index (χ0n) is 13.8. The number of halogens is 1. The number of guanidine groups is 1. The maximum atomic E-state index is 5.70. The summed E-state index contributed by atoms with van der Waals surface area (Å²) in [5.74, 6) is 2.56. The van der Waals surface area contributed by atoms with E-state index in [-0.39, 0.29) is 30.0 Å². The summed E-state index contributed by atoms with van der Waals surface area (Å²) in [6.07, 6.45) is 3.35. The Morgan fingerprint density at radius 2 is 2.05 bits per heavy atom. The van der Waals surface area contributed by atoms with Crippen molar-refractivity contribution in [3.63, 3.8) is 0 Å². The minimum Gasteiger partial charge on any atom is -0.493 e. The number of fused-ring (bicyclic) bond motifs is 1. The first kappa shape index (κ1) is 19.1. The zero-order chi connectivity index (χ0) is 15.1. The molecule has 0 spiro atoms. The van der Waals surface area contributed by atoms with Gasteiger partial charge >= 0.3 is 0 Å². The molecule has 0 amide bonds. The van der Waals surface area contributed by atoms with Crippen molar-refractivity contribution < 1.29 is 4.74 Å². The normalized spacial score (nSPS) is 17.3. The van der Waals surface area contributed by atoms with E-state index >= 15 is 0 Å². The van der Waals surface area contributed by atoms with E-state index < -0.39 is 0 Å². The van der Waals surface area contributed by atoms with E-state index in [1.807, 2.05) is 19.2 Å². The van der Waals surface area contributed by atoms with Crippen molar-refractivity contribution in [1.29, 1.82) is 0 Å². The van der Waals surface area contributed by atoms with Crippen LogP contribution in [0.5, 0.6) is 5.75 Å². The first-order valence-corrected chi connectivity index (χ1v) is 7.97. The molecule has 22 heavy (non-hydrogen) atoms. The van der Waals surface area contributed by atoms with Crippen LogP contribution >= 0.6 is 24.0 Å². The maximum Gasteiger partial charge on any atom is 0.191 e. The summed E-state index contributed by atoms with van der Waals surface area (Å²) >= 11 is 0. The predicted octanol–water partition coefficient (Wildman–Crippen LogP) is 3.73. The van der Waals surface area contributed by atoms with Crippen molar-refractivity contribution in [3.8, 4) is 5.75 Å². The second kappa shape index (κ2) is 9.92. The van der Waals surface area contributed by atoms with Gasteiger partial charge in [0.2, 0.25) is 0 Å². The molecule has 4 nitrogen and oxygen atoms in total. The lowest BCUT2D eigenvalue weighted by molar-refractivity contribution is 0.261. The molecule has 124 valence electrons. The highest BCUT2D eigenvalue weighted by molar-refractivity contribution is 14.0. The molecule has 1 aliphatic rings. The summed E-state index contributed by atoms with van der Waals surface area (Å²) in [5.41, 5.74) is 1.22. The van der Waals surface area contributed by atoms with Crippen molar-refractivity contribution in [2.75, 3.05) is 20.2 Å². The lowest BCUT2D eigenvalue weighted by atomic mass is 10.0. The van der Waals surface area contributed by atoms with Crippen LogP contribution in [-0.4, -0.2) is 26.2 Å². The number of ether oxygens (including phenoxy) is 1. The van der Waals surface area contributed by atoms with E-state index in [1.165, 1.54) is 18.4 Å². The smallest absolute Gasteiger partial charge is 0.191 e. The lowest BCUT2D eigenvalue weighted by Gasteiger charge is -2.28. The Morgan fingerprint density at radius 1 is 1.32 bits per heavy atom. The van der Waals surface area contributed by atoms with Gasteiger partial charge in [0.25, 0.3) is 0 Å². The molecule has 1 aliphatic heterocycles. The molecular formula is C17H28IN3O. The summed E-state index contributed by atoms with van der Waals surface area (Å²) in [6, 6.07) is 8.50. The fourth-order valence-electron chi connectivity index (χ4n) is 2.67. The maximum absolute atomic E-state index is 5.70. The molecule has 0 radical (unpaired) electrons. The number of benzene rings is 1. The Hall–Kier alpha value is -0.980. The summed E-state index contributed by atoms with van der Waals surface area (Å²) in [6.45, 7) is 6.19. The summed E-state index contributed by atoms with van der Waals surface area (Å²) < 4.78 is 5.70. The third kappa shape index (κ3) is 5.04. The van der Waals surface area contributed by atoms with Crippen LogP contribution in [-0.2, 0) is 0 Å². The molecule has 0 aromatic heterocycles. The molecule has 2 rings (SSSR count). The van der Waals surface area contributed by atoms with Gasteiger partial charge in [-0.3, -0.25) is 4.99 Å². The Morgan fingerprint density at radius 3 is 2.73 bits per heavy atom. The standard InChI is InChI=1S/C17H27N3O.HI/c1-4-13(5-2)12-19-17(18-3)20-15-10-11-21-16-9-7-6-8-14(15)16;/h6-9,13,15H,4-5,10-12H2,1-3H3,(H2,18,19,20);1H. The fraction of sp³-hybridized carbons (Fsp3) is 0.588. The van der Waals surface area contributed by atoms with Gasteiger partial charge in [-0.1, -0.05) is 44.9 Å². The Bertz CT molecular complexity index is 475. The number of para-hydroxylation sites is 1. The first-order valence-electron chi connectivity index (χ1n) is 7.97. The molecule has 1 aromatic carbocycles. The minimum atomic E-state index is 0. The van der Waals surface area contributed by atoms with Crippen LogP contribution in [0.15, 0.2) is 29.3 Å². The van der Waals surface area contributed by atoms with Gasteiger partial charge in [-0.25, -0.2) is 0 Å². The average Bonchev–Trinajstić information content (AvgIpc) is 2.54. The van der Waals surface area contributed by atoms with E-state index in [4.69, 9.17) is 4.74 Å². The minimum absolute atomic E-state index is 0. The number of rotatable bonds is 5. The van der Waals surface area contributed by atoms with Crippen molar-refractivity contribution in [3.05, 3.63) is 29.8 Å². The van der Waals surface area contributed by atoms with Gasteiger partial charge in [-0.15, -0.1) is 24.0 Å². The molecule has 0 saturated heterocycles. The van der Waals surface area contributed by atoms with E-state index in [1.54, 1.807) is 0 Å². The second-order valence-electron chi connectivity index (χ2n) is 5.51. The van der Waals surface area contributed by atoms with Crippen molar-refractivity contribution in [1.82, 2.24) is 10.6 Å². The number of nitrogens with zero attached hydrogens (tertiary/aromatic N) is 1. The Labute approximate surface area is 151 Å². The van der Waals surface area contributed by atoms with Gasteiger partial charge in [0.15, 0.2) is 5.96 Å². The van der Waals surface area contributed by atoms with Gasteiger partial charge < -0.3 is 15.4 Å². The third-order valence-corrected chi connectivity index (χ3v) is 4.21. The molecule has 2 N–H and O–H groups in total. The molecule has 1 heterocycles. The second-order valence-corrected chi connectivity index (χ2v) is 5.51. The van der Waals surface area contributed by atoms with E-state index in [0.29, 0.717) is 5.92 Å². The van der Waals surface area contributed by atoms with Gasteiger partial charge in [0, 0.05) is 25.6 Å². The highest BCUT2D eigenvalue weighted by Gasteiger charge is 2.21. The molecule has 5 heteroatoms. The van der Waals surface area contributed by atoms with Crippen LogP contribution in [0.25, 0.3) is 0 Å². The van der Waals surface area contributed by atoms with E-state index in [0.717, 1.165) is 31.3 Å². The monoisotopic (exact) mass is 417 g/mol. The van der Waals surface area contributed by atoms with E-state index in [9.17, 15) is 0 Å². The quantitative estimate of drug-likeness (QED) is 0.436. The molecule has 1 aromatic rings. The topological polar surface area (TPSA) is 45.7 Å². The van der Waals surface area contributed by atoms with Gasteiger partial charge in [0.05, 0.1) is 12.6 Å². The van der Waals surface area contributed by atoms with Gasteiger partial charge in [-0.05, 0) is 12.0 Å². The van der Waals surface area contributed by atoms with Crippen molar-refractivity contribution >= 4 is 29.9 Å². The molecule has 0 aliphatic carbocycles. The molecular weight excluding hydrogens is 389 g/mol. The van der Waals surface area contributed by atoms with Crippen LogP contribution in [0.1, 0.15) is 44.7 Å². The Balaban J connectivity index is 0.00000242. The van der Waals surface area contributed by atoms with E-state index in [2.05, 4.69) is 41.6 Å². The fourth-order valence-corrected chi connectivity index (χ4v) is 2.67. The SMILES string of the molecule is CCC(CC)CNC(=NC)NC1CCOc2ccccc21.I. The van der Waals surface area contributed by atoms with Crippen LogP contribution in [0.2, 0.25) is 0 Å².